The lowest BCUT2D eigenvalue weighted by Gasteiger charge is -2.19. The van der Waals surface area contributed by atoms with Crippen LogP contribution in [0.1, 0.15) is 23.1 Å². The average Bonchev–Trinajstić information content (AvgIpc) is 3.05. The van der Waals surface area contributed by atoms with Gasteiger partial charge in [0, 0.05) is 30.8 Å². The molecule has 0 aliphatic carbocycles. The number of nitro groups is 1. The van der Waals surface area contributed by atoms with E-state index in [1.165, 1.54) is 30.5 Å². The van der Waals surface area contributed by atoms with Crippen LogP contribution in [0.2, 0.25) is 0 Å². The van der Waals surface area contributed by atoms with E-state index in [-0.39, 0.29) is 23.9 Å². The van der Waals surface area contributed by atoms with Gasteiger partial charge in [0.25, 0.3) is 5.69 Å². The van der Waals surface area contributed by atoms with Gasteiger partial charge in [0.05, 0.1) is 17.1 Å². The number of non-ortho nitro benzene ring substituents is 1. The summed E-state index contributed by atoms with van der Waals surface area (Å²) in [6.45, 7) is 4.20. The van der Waals surface area contributed by atoms with E-state index >= 15 is 0 Å². The lowest BCUT2D eigenvalue weighted by molar-refractivity contribution is -0.384. The highest BCUT2D eigenvalue weighted by molar-refractivity contribution is 6.01. The summed E-state index contributed by atoms with van der Waals surface area (Å²) < 4.78 is 0. The zero-order valence-electron chi connectivity index (χ0n) is 15.6. The van der Waals surface area contributed by atoms with E-state index in [1.807, 2.05) is 32.0 Å². The molecule has 8 nitrogen and oxygen atoms in total. The van der Waals surface area contributed by atoms with E-state index in [0.717, 1.165) is 16.8 Å². The lowest BCUT2D eigenvalue weighted by atomic mass is 10.1. The van der Waals surface area contributed by atoms with Crippen molar-refractivity contribution in [3.05, 3.63) is 69.3 Å². The SMILES string of the molecule is Cc1ccc(C)c(N2C[C@H](C(=O)N/N=C\c3ccc([N+](=O)[O-])cc3)CC2=O)c1. The van der Waals surface area contributed by atoms with Gasteiger partial charge in [-0.05, 0) is 48.7 Å². The maximum atomic E-state index is 12.4. The Hall–Kier alpha value is -3.55. The molecule has 0 unspecified atom stereocenters. The van der Waals surface area contributed by atoms with Crippen LogP contribution in [0.25, 0.3) is 0 Å². The molecule has 28 heavy (non-hydrogen) atoms. The van der Waals surface area contributed by atoms with Crippen LogP contribution in [-0.4, -0.2) is 29.5 Å². The minimum Gasteiger partial charge on any atom is -0.311 e. The molecule has 1 N–H and O–H groups in total. The smallest absolute Gasteiger partial charge is 0.269 e. The Labute approximate surface area is 162 Å². The first kappa shape index (κ1) is 19.2. The van der Waals surface area contributed by atoms with Crippen LogP contribution < -0.4 is 10.3 Å². The van der Waals surface area contributed by atoms with Crippen molar-refractivity contribution in [1.29, 1.82) is 0 Å². The van der Waals surface area contributed by atoms with Crippen molar-refractivity contribution in [3.63, 3.8) is 0 Å². The molecule has 1 fully saturated rings. The van der Waals surface area contributed by atoms with Crippen molar-refractivity contribution in [3.8, 4) is 0 Å². The Morgan fingerprint density at radius 3 is 2.64 bits per heavy atom. The van der Waals surface area contributed by atoms with Gasteiger partial charge in [-0.1, -0.05) is 12.1 Å². The Morgan fingerprint density at radius 2 is 1.96 bits per heavy atom. The number of benzene rings is 2. The minimum absolute atomic E-state index is 0.0165. The second-order valence-electron chi connectivity index (χ2n) is 6.78. The predicted molar refractivity (Wildman–Crippen MR) is 105 cm³/mol. The largest absolute Gasteiger partial charge is 0.311 e. The van der Waals surface area contributed by atoms with Gasteiger partial charge in [-0.25, -0.2) is 5.43 Å². The maximum Gasteiger partial charge on any atom is 0.269 e. The Bertz CT molecular complexity index is 953. The van der Waals surface area contributed by atoms with Crippen molar-refractivity contribution < 1.29 is 14.5 Å². The molecule has 2 aromatic rings. The zero-order chi connectivity index (χ0) is 20.3. The van der Waals surface area contributed by atoms with E-state index < -0.39 is 10.8 Å². The minimum atomic E-state index is -0.485. The molecule has 0 spiro atoms. The van der Waals surface area contributed by atoms with Crippen molar-refractivity contribution in [2.45, 2.75) is 20.3 Å². The Kier molecular flexibility index (Phi) is 5.49. The molecular weight excluding hydrogens is 360 g/mol. The second kappa shape index (κ2) is 7.99. The summed E-state index contributed by atoms with van der Waals surface area (Å²) in [5.41, 5.74) is 5.91. The Morgan fingerprint density at radius 1 is 1.25 bits per heavy atom. The van der Waals surface area contributed by atoms with E-state index in [2.05, 4.69) is 10.5 Å². The second-order valence-corrected chi connectivity index (χ2v) is 6.78. The van der Waals surface area contributed by atoms with Crippen molar-refractivity contribution in [2.75, 3.05) is 11.4 Å². The number of anilines is 1. The van der Waals surface area contributed by atoms with Crippen LogP contribution in [0, 0.1) is 29.9 Å². The number of carbonyl (C=O) groups excluding carboxylic acids is 2. The average molecular weight is 380 g/mol. The lowest BCUT2D eigenvalue weighted by Crippen LogP contribution is -2.30. The van der Waals surface area contributed by atoms with Gasteiger partial charge >= 0.3 is 0 Å². The van der Waals surface area contributed by atoms with Gasteiger partial charge in [-0.2, -0.15) is 5.10 Å². The number of nitrogens with one attached hydrogen (secondary N) is 1. The highest BCUT2D eigenvalue weighted by Gasteiger charge is 2.35. The van der Waals surface area contributed by atoms with Crippen LogP contribution in [0.4, 0.5) is 11.4 Å². The van der Waals surface area contributed by atoms with E-state index in [1.54, 1.807) is 4.90 Å². The van der Waals surface area contributed by atoms with Gasteiger partial charge < -0.3 is 4.90 Å². The number of carbonyl (C=O) groups is 2. The van der Waals surface area contributed by atoms with Crippen molar-refractivity contribution in [1.82, 2.24) is 5.43 Å². The van der Waals surface area contributed by atoms with E-state index in [9.17, 15) is 19.7 Å². The molecule has 1 heterocycles. The third-order valence-electron chi connectivity index (χ3n) is 4.64. The monoisotopic (exact) mass is 380 g/mol. The molecule has 3 rings (SSSR count). The van der Waals surface area contributed by atoms with Crippen LogP contribution >= 0.6 is 0 Å². The van der Waals surface area contributed by atoms with Gasteiger partial charge in [0.2, 0.25) is 11.8 Å². The van der Waals surface area contributed by atoms with Crippen LogP contribution in [0.3, 0.4) is 0 Å². The topological polar surface area (TPSA) is 105 Å². The highest BCUT2D eigenvalue weighted by atomic mass is 16.6. The molecule has 1 aliphatic heterocycles. The first-order valence-electron chi connectivity index (χ1n) is 8.80. The maximum absolute atomic E-state index is 12.4. The summed E-state index contributed by atoms with van der Waals surface area (Å²) in [6, 6.07) is 11.7. The molecule has 0 aromatic heterocycles. The molecule has 0 saturated carbocycles. The summed E-state index contributed by atoms with van der Waals surface area (Å²) in [7, 11) is 0. The quantitative estimate of drug-likeness (QED) is 0.489. The molecule has 1 aliphatic rings. The number of nitro benzene ring substituents is 1. The summed E-state index contributed by atoms with van der Waals surface area (Å²) in [5.74, 6) is -0.908. The third kappa shape index (κ3) is 4.22. The van der Waals surface area contributed by atoms with E-state index in [4.69, 9.17) is 0 Å². The third-order valence-corrected chi connectivity index (χ3v) is 4.64. The molecule has 0 bridgehead atoms. The molecular formula is C20H20N4O4. The highest BCUT2D eigenvalue weighted by Crippen LogP contribution is 2.28. The van der Waals surface area contributed by atoms with Crippen molar-refractivity contribution in [2.24, 2.45) is 11.0 Å². The molecule has 1 atom stereocenters. The van der Waals surface area contributed by atoms with Gasteiger partial charge in [0.1, 0.15) is 0 Å². The zero-order valence-corrected chi connectivity index (χ0v) is 15.6. The van der Waals surface area contributed by atoms with Crippen LogP contribution in [0.5, 0.6) is 0 Å². The van der Waals surface area contributed by atoms with E-state index in [0.29, 0.717) is 12.1 Å². The first-order valence-corrected chi connectivity index (χ1v) is 8.80. The number of aryl methyl sites for hydroxylation is 2. The fourth-order valence-electron chi connectivity index (χ4n) is 3.07. The summed E-state index contributed by atoms with van der Waals surface area (Å²) in [4.78, 5) is 36.5. The number of nitrogens with zero attached hydrogens (tertiary/aromatic N) is 3. The molecule has 0 radical (unpaired) electrons. The number of amides is 2. The van der Waals surface area contributed by atoms with Crippen LogP contribution in [-0.2, 0) is 9.59 Å². The Balaban J connectivity index is 1.61. The number of hydrazone groups is 1. The molecule has 2 amide bonds. The van der Waals surface area contributed by atoms with Gasteiger partial charge in [0.15, 0.2) is 0 Å². The fourth-order valence-corrected chi connectivity index (χ4v) is 3.07. The number of hydrogen-bond donors (Lipinski definition) is 1. The summed E-state index contributed by atoms with van der Waals surface area (Å²) in [6.07, 6.45) is 1.53. The summed E-state index contributed by atoms with van der Waals surface area (Å²) >= 11 is 0. The molecule has 1 saturated heterocycles. The normalized spacial score (nSPS) is 16.6. The van der Waals surface area contributed by atoms with Crippen LogP contribution in [0.15, 0.2) is 47.6 Å². The van der Waals surface area contributed by atoms with Gasteiger partial charge in [-0.3, -0.25) is 19.7 Å². The van der Waals surface area contributed by atoms with Gasteiger partial charge in [-0.15, -0.1) is 0 Å². The molecule has 2 aromatic carbocycles. The number of rotatable bonds is 5. The van der Waals surface area contributed by atoms with Crippen molar-refractivity contribution >= 4 is 29.4 Å². The molecule has 8 heteroatoms. The fraction of sp³-hybridized carbons (Fsp3) is 0.250. The predicted octanol–water partition coefficient (Wildman–Crippen LogP) is 2.71. The standard InChI is InChI=1S/C20H20N4O4/c1-13-3-4-14(2)18(9-13)23-12-16(10-19(23)25)20(26)22-21-11-15-5-7-17(8-6-15)24(27)28/h3-9,11,16H,10,12H2,1-2H3,(H,22,26)/b21-11-/t16-/m1/s1. The molecule has 144 valence electrons. The number of hydrogen-bond acceptors (Lipinski definition) is 5. The summed E-state index contributed by atoms with van der Waals surface area (Å²) in [5, 5.41) is 14.5. The first-order chi connectivity index (χ1) is 13.3.